The van der Waals surface area contributed by atoms with Gasteiger partial charge >= 0.3 is 0 Å². The van der Waals surface area contributed by atoms with E-state index in [1.807, 2.05) is 6.07 Å². The number of fused-ring (bicyclic) bond motifs is 1. The topological polar surface area (TPSA) is 25.8 Å². The third-order valence-corrected chi connectivity index (χ3v) is 1.61. The lowest BCUT2D eigenvalue weighted by molar-refractivity contribution is 1.31. The Morgan fingerprint density at radius 1 is 1.36 bits per heavy atom. The summed E-state index contributed by atoms with van der Waals surface area (Å²) in [6.07, 6.45) is 4.40. The highest BCUT2D eigenvalue weighted by Gasteiger charge is 1.93. The minimum Gasteiger partial charge on any atom is -0.254 e. The van der Waals surface area contributed by atoms with Gasteiger partial charge in [0.1, 0.15) is 5.15 Å². The van der Waals surface area contributed by atoms with Crippen LogP contribution in [0.4, 0.5) is 0 Å². The molecule has 2 aromatic heterocycles. The Bertz CT molecular complexity index is 387. The van der Waals surface area contributed by atoms with Crippen molar-refractivity contribution in [2.24, 2.45) is 0 Å². The summed E-state index contributed by atoms with van der Waals surface area (Å²) < 4.78 is 0. The smallest absolute Gasteiger partial charge is 0.129 e. The molecule has 0 atom stereocenters. The van der Waals surface area contributed by atoms with Gasteiger partial charge in [0.05, 0.1) is 11.7 Å². The lowest BCUT2D eigenvalue weighted by atomic mass is 10.3. The number of hydrogen-bond donors (Lipinski definition) is 0. The SMILES string of the molecule is Clc1ccc2cn[c]cc2n1. The summed E-state index contributed by atoms with van der Waals surface area (Å²) in [7, 11) is 0. The van der Waals surface area contributed by atoms with Crippen LogP contribution in [-0.4, -0.2) is 9.97 Å². The van der Waals surface area contributed by atoms with Crippen LogP contribution in [0.2, 0.25) is 5.15 Å². The molecular weight excluding hydrogens is 160 g/mol. The first-order chi connectivity index (χ1) is 5.36. The molecule has 2 nitrogen and oxygen atoms in total. The normalized spacial score (nSPS) is 10.3. The molecule has 0 spiro atoms. The largest absolute Gasteiger partial charge is 0.254 e. The third-order valence-electron chi connectivity index (χ3n) is 1.40. The van der Waals surface area contributed by atoms with Crippen LogP contribution in [0.1, 0.15) is 0 Å². The van der Waals surface area contributed by atoms with E-state index in [0.717, 1.165) is 10.9 Å². The fourth-order valence-electron chi connectivity index (χ4n) is 0.891. The molecule has 11 heavy (non-hydrogen) atoms. The van der Waals surface area contributed by atoms with Crippen LogP contribution in [0.5, 0.6) is 0 Å². The lowest BCUT2D eigenvalue weighted by Crippen LogP contribution is -1.79. The molecule has 3 heteroatoms. The van der Waals surface area contributed by atoms with E-state index in [2.05, 4.69) is 16.2 Å². The molecule has 0 saturated heterocycles. The number of rotatable bonds is 0. The van der Waals surface area contributed by atoms with Crippen molar-refractivity contribution in [3.63, 3.8) is 0 Å². The maximum absolute atomic E-state index is 5.67. The highest BCUT2D eigenvalue weighted by molar-refractivity contribution is 6.29. The molecule has 1 radical (unpaired) electrons. The van der Waals surface area contributed by atoms with Crippen molar-refractivity contribution in [1.82, 2.24) is 9.97 Å². The van der Waals surface area contributed by atoms with E-state index in [1.54, 1.807) is 18.3 Å². The fourth-order valence-corrected chi connectivity index (χ4v) is 1.04. The maximum Gasteiger partial charge on any atom is 0.129 e. The average molecular weight is 164 g/mol. The first-order valence-electron chi connectivity index (χ1n) is 3.14. The zero-order valence-electron chi connectivity index (χ0n) is 5.58. The van der Waals surface area contributed by atoms with E-state index in [4.69, 9.17) is 11.6 Å². The highest BCUT2D eigenvalue weighted by Crippen LogP contribution is 2.12. The molecule has 0 aliphatic rings. The monoisotopic (exact) mass is 163 g/mol. The molecule has 2 heterocycles. The first kappa shape index (κ1) is 6.55. The van der Waals surface area contributed by atoms with E-state index in [-0.39, 0.29) is 0 Å². The van der Waals surface area contributed by atoms with Crippen LogP contribution in [0.25, 0.3) is 10.9 Å². The van der Waals surface area contributed by atoms with Crippen molar-refractivity contribution < 1.29 is 0 Å². The number of aromatic nitrogens is 2. The van der Waals surface area contributed by atoms with Crippen LogP contribution >= 0.6 is 11.6 Å². The summed E-state index contributed by atoms with van der Waals surface area (Å²) in [4.78, 5) is 7.90. The Labute approximate surface area is 68.9 Å². The summed E-state index contributed by atoms with van der Waals surface area (Å²) >= 11 is 5.67. The van der Waals surface area contributed by atoms with Gasteiger partial charge in [-0.2, -0.15) is 0 Å². The predicted octanol–water partition coefficient (Wildman–Crippen LogP) is 2.08. The van der Waals surface area contributed by atoms with Gasteiger partial charge in [0.2, 0.25) is 0 Å². The molecule has 53 valence electrons. The van der Waals surface area contributed by atoms with Crippen LogP contribution in [0.15, 0.2) is 24.4 Å². The van der Waals surface area contributed by atoms with Crippen molar-refractivity contribution in [3.05, 3.63) is 35.7 Å². The molecule has 0 aliphatic heterocycles. The average Bonchev–Trinajstić information content (AvgIpc) is 2.04. The molecule has 0 bridgehead atoms. The van der Waals surface area contributed by atoms with E-state index >= 15 is 0 Å². The second-order valence-corrected chi connectivity index (χ2v) is 2.53. The molecule has 0 N–H and O–H groups in total. The summed E-state index contributed by atoms with van der Waals surface area (Å²) in [5.41, 5.74) is 0.826. The van der Waals surface area contributed by atoms with Crippen molar-refractivity contribution in [2.75, 3.05) is 0 Å². The summed E-state index contributed by atoms with van der Waals surface area (Å²) in [5.74, 6) is 0. The lowest BCUT2D eigenvalue weighted by Gasteiger charge is -1.93. The summed E-state index contributed by atoms with van der Waals surface area (Å²) in [5, 5.41) is 1.48. The summed E-state index contributed by atoms with van der Waals surface area (Å²) in [6.45, 7) is 0. The number of nitrogens with zero attached hydrogens (tertiary/aromatic N) is 2. The van der Waals surface area contributed by atoms with Crippen molar-refractivity contribution in [1.29, 1.82) is 0 Å². The van der Waals surface area contributed by atoms with E-state index in [0.29, 0.717) is 5.15 Å². The van der Waals surface area contributed by atoms with Gasteiger partial charge in [-0.3, -0.25) is 4.98 Å². The van der Waals surface area contributed by atoms with Crippen molar-refractivity contribution in [2.45, 2.75) is 0 Å². The van der Waals surface area contributed by atoms with Gasteiger partial charge in [-0.05, 0) is 18.2 Å². The fraction of sp³-hybridized carbons (Fsp3) is 0. The Balaban J connectivity index is 2.83. The molecule has 0 fully saturated rings. The molecule has 0 unspecified atom stereocenters. The zero-order valence-corrected chi connectivity index (χ0v) is 6.34. The van der Waals surface area contributed by atoms with Gasteiger partial charge in [0.25, 0.3) is 0 Å². The van der Waals surface area contributed by atoms with Gasteiger partial charge < -0.3 is 0 Å². The molecule has 2 aromatic rings. The van der Waals surface area contributed by atoms with Crippen LogP contribution in [0, 0.1) is 6.20 Å². The molecule has 0 aliphatic carbocycles. The second kappa shape index (κ2) is 2.47. The molecule has 2 rings (SSSR count). The highest BCUT2D eigenvalue weighted by atomic mass is 35.5. The van der Waals surface area contributed by atoms with Crippen molar-refractivity contribution >= 4 is 22.5 Å². The molecule has 0 amide bonds. The summed E-state index contributed by atoms with van der Waals surface area (Å²) in [6, 6.07) is 5.33. The van der Waals surface area contributed by atoms with Gasteiger partial charge in [0, 0.05) is 11.6 Å². The zero-order chi connectivity index (χ0) is 7.68. The van der Waals surface area contributed by atoms with E-state index in [1.165, 1.54) is 0 Å². The Kier molecular flexibility index (Phi) is 1.47. The number of halogens is 1. The van der Waals surface area contributed by atoms with E-state index in [9.17, 15) is 0 Å². The first-order valence-corrected chi connectivity index (χ1v) is 3.52. The Morgan fingerprint density at radius 2 is 2.27 bits per heavy atom. The van der Waals surface area contributed by atoms with Gasteiger partial charge in [0.15, 0.2) is 0 Å². The molecular formula is C8H4ClN2. The molecule has 0 aromatic carbocycles. The minimum absolute atomic E-state index is 0.497. The number of pyridine rings is 2. The van der Waals surface area contributed by atoms with Crippen LogP contribution in [-0.2, 0) is 0 Å². The predicted molar refractivity (Wildman–Crippen MR) is 43.4 cm³/mol. The minimum atomic E-state index is 0.497. The molecule has 0 saturated carbocycles. The van der Waals surface area contributed by atoms with Crippen LogP contribution < -0.4 is 0 Å². The van der Waals surface area contributed by atoms with Gasteiger partial charge in [-0.1, -0.05) is 11.6 Å². The quantitative estimate of drug-likeness (QED) is 0.556. The Hall–Kier alpha value is -1.15. The maximum atomic E-state index is 5.67. The third kappa shape index (κ3) is 1.17. The van der Waals surface area contributed by atoms with Crippen molar-refractivity contribution in [3.8, 4) is 0 Å². The van der Waals surface area contributed by atoms with Crippen LogP contribution in [0.3, 0.4) is 0 Å². The van der Waals surface area contributed by atoms with Gasteiger partial charge in [-0.15, -0.1) is 0 Å². The second-order valence-electron chi connectivity index (χ2n) is 2.14. The van der Waals surface area contributed by atoms with E-state index < -0.39 is 0 Å². The Morgan fingerprint density at radius 3 is 3.18 bits per heavy atom. The standard InChI is InChI=1S/C8H4ClN2/c9-8-2-1-6-5-10-4-3-7(6)11-8/h1-3,5H. The van der Waals surface area contributed by atoms with Gasteiger partial charge in [-0.25, -0.2) is 4.98 Å². The number of hydrogen-bond acceptors (Lipinski definition) is 2.